The first-order valence-corrected chi connectivity index (χ1v) is 6.08. The lowest BCUT2D eigenvalue weighted by Gasteiger charge is -2.14. The molecule has 0 aliphatic heterocycles. The van der Waals surface area contributed by atoms with Gasteiger partial charge in [0, 0.05) is 26.6 Å². The summed E-state index contributed by atoms with van der Waals surface area (Å²) < 4.78 is 0. The first kappa shape index (κ1) is 12.7. The molecule has 16 heavy (non-hydrogen) atoms. The number of carbonyl (C=O) groups excluding carboxylic acids is 2. The molecule has 0 atom stereocenters. The van der Waals surface area contributed by atoms with Gasteiger partial charge in [-0.05, 0) is 18.4 Å². The molecule has 0 saturated heterocycles. The third-order valence-electron chi connectivity index (χ3n) is 2.27. The highest BCUT2D eigenvalue weighted by atomic mass is 32.1. The van der Waals surface area contributed by atoms with Crippen molar-refractivity contribution in [3.05, 3.63) is 22.4 Å². The Labute approximate surface area is 99.3 Å². The summed E-state index contributed by atoms with van der Waals surface area (Å²) in [5.41, 5.74) is 0. The van der Waals surface area contributed by atoms with Gasteiger partial charge in [-0.3, -0.25) is 9.59 Å². The number of nitrogens with one attached hydrogen (secondary N) is 1. The van der Waals surface area contributed by atoms with Crippen molar-refractivity contribution in [2.75, 3.05) is 20.1 Å². The number of thiophene rings is 1. The van der Waals surface area contributed by atoms with Gasteiger partial charge in [0.05, 0.1) is 4.88 Å². The Bertz CT molecular complexity index is 349. The number of rotatable bonds is 5. The minimum absolute atomic E-state index is 0.0500. The third kappa shape index (κ3) is 3.66. The summed E-state index contributed by atoms with van der Waals surface area (Å²) in [6.07, 6.45) is 0.349. The van der Waals surface area contributed by atoms with Crippen LogP contribution in [0.3, 0.4) is 0 Å². The molecule has 1 N–H and O–H groups in total. The quantitative estimate of drug-likeness (QED) is 0.844. The Balaban J connectivity index is 2.26. The molecule has 0 fully saturated rings. The molecule has 0 radical (unpaired) electrons. The first-order valence-electron chi connectivity index (χ1n) is 5.20. The number of hydrogen-bond donors (Lipinski definition) is 1. The van der Waals surface area contributed by atoms with E-state index in [2.05, 4.69) is 5.32 Å². The SMILES string of the molecule is CCN(C)C(=O)CCNC(=O)c1cccs1. The maximum absolute atomic E-state index is 11.5. The summed E-state index contributed by atoms with van der Waals surface area (Å²) in [5, 5.41) is 4.57. The zero-order valence-corrected chi connectivity index (χ0v) is 10.3. The van der Waals surface area contributed by atoms with Gasteiger partial charge in [0.1, 0.15) is 0 Å². The van der Waals surface area contributed by atoms with Crippen molar-refractivity contribution in [3.63, 3.8) is 0 Å². The van der Waals surface area contributed by atoms with E-state index in [-0.39, 0.29) is 11.8 Å². The number of nitrogens with zero attached hydrogens (tertiary/aromatic N) is 1. The summed E-state index contributed by atoms with van der Waals surface area (Å²) in [6, 6.07) is 3.59. The predicted octanol–water partition coefficient (Wildman–Crippen LogP) is 1.35. The summed E-state index contributed by atoms with van der Waals surface area (Å²) in [4.78, 5) is 25.2. The van der Waals surface area contributed by atoms with Crippen LogP contribution in [0.15, 0.2) is 17.5 Å². The van der Waals surface area contributed by atoms with Gasteiger partial charge in [-0.2, -0.15) is 0 Å². The van der Waals surface area contributed by atoms with Crippen LogP contribution < -0.4 is 5.32 Å². The largest absolute Gasteiger partial charge is 0.351 e. The molecule has 0 aliphatic carbocycles. The van der Waals surface area contributed by atoms with Crippen LogP contribution in [0.1, 0.15) is 23.0 Å². The van der Waals surface area contributed by atoms with Gasteiger partial charge in [-0.25, -0.2) is 0 Å². The number of carbonyl (C=O) groups is 2. The van der Waals surface area contributed by atoms with E-state index in [4.69, 9.17) is 0 Å². The average Bonchev–Trinajstić information content (AvgIpc) is 2.81. The van der Waals surface area contributed by atoms with E-state index in [0.29, 0.717) is 24.4 Å². The topological polar surface area (TPSA) is 49.4 Å². The molecule has 0 unspecified atom stereocenters. The molecule has 1 rings (SSSR count). The fraction of sp³-hybridized carbons (Fsp3) is 0.455. The van der Waals surface area contributed by atoms with Gasteiger partial charge in [0.15, 0.2) is 0 Å². The average molecular weight is 240 g/mol. The van der Waals surface area contributed by atoms with Crippen LogP contribution in [0.2, 0.25) is 0 Å². The fourth-order valence-corrected chi connectivity index (χ4v) is 1.79. The monoisotopic (exact) mass is 240 g/mol. The van der Waals surface area contributed by atoms with Crippen molar-refractivity contribution in [1.29, 1.82) is 0 Å². The molecule has 4 nitrogen and oxygen atoms in total. The van der Waals surface area contributed by atoms with Crippen molar-refractivity contribution in [2.45, 2.75) is 13.3 Å². The minimum Gasteiger partial charge on any atom is -0.351 e. The van der Waals surface area contributed by atoms with Gasteiger partial charge in [0.25, 0.3) is 5.91 Å². The molecule has 88 valence electrons. The van der Waals surface area contributed by atoms with E-state index in [9.17, 15) is 9.59 Å². The minimum atomic E-state index is -0.109. The summed E-state index contributed by atoms with van der Waals surface area (Å²) in [7, 11) is 1.75. The first-order chi connectivity index (χ1) is 7.65. The summed E-state index contributed by atoms with van der Waals surface area (Å²) >= 11 is 1.39. The Morgan fingerprint density at radius 1 is 1.50 bits per heavy atom. The Morgan fingerprint density at radius 2 is 2.25 bits per heavy atom. The molecule has 1 heterocycles. The standard InChI is InChI=1S/C11H16N2O2S/c1-3-13(2)10(14)6-7-12-11(15)9-5-4-8-16-9/h4-5,8H,3,6-7H2,1-2H3,(H,12,15). The van der Waals surface area contributed by atoms with Crippen LogP contribution >= 0.6 is 11.3 Å². The number of amides is 2. The van der Waals surface area contributed by atoms with Crippen molar-refractivity contribution >= 4 is 23.2 Å². The van der Waals surface area contributed by atoms with E-state index >= 15 is 0 Å². The number of hydrogen-bond acceptors (Lipinski definition) is 3. The van der Waals surface area contributed by atoms with E-state index < -0.39 is 0 Å². The molecule has 0 aromatic carbocycles. The molecule has 0 bridgehead atoms. The lowest BCUT2D eigenvalue weighted by molar-refractivity contribution is -0.129. The second kappa shape index (κ2) is 6.27. The van der Waals surface area contributed by atoms with Crippen molar-refractivity contribution < 1.29 is 9.59 Å². The highest BCUT2D eigenvalue weighted by Crippen LogP contribution is 2.07. The third-order valence-corrected chi connectivity index (χ3v) is 3.14. The van der Waals surface area contributed by atoms with E-state index in [1.54, 1.807) is 18.0 Å². The second-order valence-corrected chi connectivity index (χ2v) is 4.34. The maximum Gasteiger partial charge on any atom is 0.261 e. The van der Waals surface area contributed by atoms with Gasteiger partial charge >= 0.3 is 0 Å². The van der Waals surface area contributed by atoms with Crippen molar-refractivity contribution in [3.8, 4) is 0 Å². The van der Waals surface area contributed by atoms with Crippen LogP contribution in [-0.2, 0) is 4.79 Å². The molecule has 0 spiro atoms. The summed E-state index contributed by atoms with van der Waals surface area (Å²) in [6.45, 7) is 3.00. The molecule has 0 aliphatic rings. The Morgan fingerprint density at radius 3 is 2.81 bits per heavy atom. The highest BCUT2D eigenvalue weighted by Gasteiger charge is 2.08. The van der Waals surface area contributed by atoms with Crippen LogP contribution in [0, 0.1) is 0 Å². The predicted molar refractivity (Wildman–Crippen MR) is 64.6 cm³/mol. The lowest BCUT2D eigenvalue weighted by Crippen LogP contribution is -2.31. The lowest BCUT2D eigenvalue weighted by atomic mass is 10.3. The van der Waals surface area contributed by atoms with Crippen LogP contribution in [0.5, 0.6) is 0 Å². The van der Waals surface area contributed by atoms with Crippen molar-refractivity contribution in [2.24, 2.45) is 0 Å². The van der Waals surface area contributed by atoms with Crippen LogP contribution in [0.25, 0.3) is 0 Å². The van der Waals surface area contributed by atoms with Gasteiger partial charge in [-0.1, -0.05) is 6.07 Å². The molecule has 1 aromatic heterocycles. The molecule has 0 saturated carbocycles. The Kier molecular flexibility index (Phi) is 4.98. The van der Waals surface area contributed by atoms with Crippen LogP contribution in [0.4, 0.5) is 0 Å². The van der Waals surface area contributed by atoms with E-state index in [1.807, 2.05) is 18.4 Å². The maximum atomic E-state index is 11.5. The molecule has 2 amide bonds. The summed E-state index contributed by atoms with van der Waals surface area (Å²) in [5.74, 6) is -0.0593. The van der Waals surface area contributed by atoms with Crippen molar-refractivity contribution in [1.82, 2.24) is 10.2 Å². The highest BCUT2D eigenvalue weighted by molar-refractivity contribution is 7.12. The van der Waals surface area contributed by atoms with Gasteiger partial charge in [0.2, 0.25) is 5.91 Å². The van der Waals surface area contributed by atoms with E-state index in [1.165, 1.54) is 11.3 Å². The van der Waals surface area contributed by atoms with Gasteiger partial charge < -0.3 is 10.2 Å². The smallest absolute Gasteiger partial charge is 0.261 e. The second-order valence-electron chi connectivity index (χ2n) is 3.39. The zero-order chi connectivity index (χ0) is 12.0. The fourth-order valence-electron chi connectivity index (χ4n) is 1.15. The molecular formula is C11H16N2O2S. The molecule has 5 heteroatoms. The van der Waals surface area contributed by atoms with Crippen LogP contribution in [-0.4, -0.2) is 36.9 Å². The molecular weight excluding hydrogens is 224 g/mol. The van der Waals surface area contributed by atoms with E-state index in [0.717, 1.165) is 0 Å². The van der Waals surface area contributed by atoms with Gasteiger partial charge in [-0.15, -0.1) is 11.3 Å². The molecule has 1 aromatic rings. The zero-order valence-electron chi connectivity index (χ0n) is 9.53. The normalized spacial score (nSPS) is 9.88. The Hall–Kier alpha value is -1.36.